The van der Waals surface area contributed by atoms with Gasteiger partial charge in [0, 0.05) is 17.5 Å². The first-order chi connectivity index (χ1) is 12.4. The van der Waals surface area contributed by atoms with Gasteiger partial charge in [0.2, 0.25) is 0 Å². The first-order valence-electron chi connectivity index (χ1n) is 6.62. The Morgan fingerprint density at radius 2 is 1.34 bits per heavy atom. The molecule has 164 valence electrons. The smallest absolute Gasteiger partial charge is 0.423 e. The zero-order chi connectivity index (χ0) is 21.8. The zero-order valence-corrected chi connectivity index (χ0v) is 15.1. The van der Waals surface area contributed by atoms with Gasteiger partial charge in [-0.1, -0.05) is 0 Å². The molecule has 1 aromatic heterocycles. The van der Waals surface area contributed by atoms with Crippen molar-refractivity contribution in [1.82, 2.24) is 0 Å². The highest BCUT2D eigenvalue weighted by Crippen LogP contribution is 2.54. The lowest BCUT2D eigenvalue weighted by molar-refractivity contribution is -0.382. The highest BCUT2D eigenvalue weighted by molar-refractivity contribution is 7.88. The average Bonchev–Trinajstić information content (AvgIpc) is 2.52. The van der Waals surface area contributed by atoms with E-state index in [9.17, 15) is 52.7 Å². The zero-order valence-electron chi connectivity index (χ0n) is 13.2. The summed E-state index contributed by atoms with van der Waals surface area (Å²) in [5.74, 6) is -16.0. The predicted molar refractivity (Wildman–Crippen MR) is 83.3 cm³/mol. The van der Waals surface area contributed by atoms with E-state index in [0.717, 1.165) is 18.2 Å². The molecule has 1 aromatic carbocycles. The van der Waals surface area contributed by atoms with Gasteiger partial charge in [-0.15, -0.1) is 0 Å². The molecule has 0 saturated heterocycles. The Balaban J connectivity index is 0.00000420. The second-order valence-corrected chi connectivity index (χ2v) is 6.74. The Morgan fingerprint density at radius 3 is 1.86 bits per heavy atom. The molecule has 0 bridgehead atoms. The highest BCUT2D eigenvalue weighted by Gasteiger charge is 2.86. The number of alkyl halides is 9. The molecule has 0 atom stereocenters. The molecule has 0 aliphatic carbocycles. The lowest BCUT2D eigenvalue weighted by atomic mass is 10.1. The van der Waals surface area contributed by atoms with E-state index in [1.807, 2.05) is 0 Å². The second kappa shape index (κ2) is 7.30. The van der Waals surface area contributed by atoms with E-state index < -0.39 is 50.4 Å². The fourth-order valence-corrected chi connectivity index (χ4v) is 2.69. The second-order valence-electron chi connectivity index (χ2n) is 5.15. The maximum Gasteiger partial charge on any atom is 0.460 e. The van der Waals surface area contributed by atoms with Crippen LogP contribution in [-0.4, -0.2) is 31.7 Å². The van der Waals surface area contributed by atoms with Crippen LogP contribution in [0.3, 0.4) is 0 Å². The van der Waals surface area contributed by atoms with Crippen molar-refractivity contribution in [3.05, 3.63) is 40.8 Å². The van der Waals surface area contributed by atoms with Gasteiger partial charge in [0.05, 0.1) is 0 Å². The van der Waals surface area contributed by atoms with E-state index in [0.29, 0.717) is 12.1 Å². The van der Waals surface area contributed by atoms with E-state index in [1.54, 1.807) is 0 Å². The summed E-state index contributed by atoms with van der Waals surface area (Å²) in [6.07, 6.45) is -7.19. The molecule has 0 saturated carbocycles. The van der Waals surface area contributed by atoms with Gasteiger partial charge in [-0.3, -0.25) is 0 Å². The summed E-state index contributed by atoms with van der Waals surface area (Å²) in [7, 11) is -7.08. The fourth-order valence-electron chi connectivity index (χ4n) is 1.79. The third-order valence-corrected chi connectivity index (χ3v) is 4.53. The molecule has 0 N–H and O–H groups in total. The van der Waals surface area contributed by atoms with Gasteiger partial charge in [0.25, 0.3) is 0 Å². The maximum absolute atomic E-state index is 13.6. The summed E-state index contributed by atoms with van der Waals surface area (Å²) < 4.78 is 146. The summed E-state index contributed by atoms with van der Waals surface area (Å²) in [6, 6.07) is 3.98. The van der Waals surface area contributed by atoms with Crippen LogP contribution < -0.4 is 9.81 Å². The van der Waals surface area contributed by atoms with Crippen molar-refractivity contribution in [2.75, 3.05) is 0 Å². The SMILES string of the molecule is O=c1ccc2ccc(OS(=O)(=O)C(F)(F)C(F)(F)C(F)(F)C(F)(F)F)cc2o1.S. The van der Waals surface area contributed by atoms with Crippen LogP contribution >= 0.6 is 13.5 Å². The standard InChI is InChI=1S/C13H5F9O5S.H2S/c14-10(15,12(18,19)20)11(16,17)13(21,22)28(24,25)27-7-3-1-6-2-4-9(23)26-8(6)5-7;/h1-5H;1H2. The number of rotatable bonds is 5. The number of hydrogen-bond acceptors (Lipinski definition) is 5. The van der Waals surface area contributed by atoms with Crippen LogP contribution in [0.25, 0.3) is 11.0 Å². The summed E-state index contributed by atoms with van der Waals surface area (Å²) in [5, 5.41) is -6.91. The Labute approximate surface area is 161 Å². The number of halogens is 9. The third kappa shape index (κ3) is 3.99. The van der Waals surface area contributed by atoms with Gasteiger partial charge in [-0.05, 0) is 18.2 Å². The first-order valence-corrected chi connectivity index (χ1v) is 8.03. The lowest BCUT2D eigenvalue weighted by Gasteiger charge is -2.32. The van der Waals surface area contributed by atoms with Gasteiger partial charge in [-0.25, -0.2) is 4.79 Å². The van der Waals surface area contributed by atoms with E-state index in [4.69, 9.17) is 0 Å². The molecule has 0 fully saturated rings. The summed E-state index contributed by atoms with van der Waals surface area (Å²) in [4.78, 5) is 11.0. The Morgan fingerprint density at radius 1 is 0.828 bits per heavy atom. The van der Waals surface area contributed by atoms with Crippen molar-refractivity contribution in [2.45, 2.75) is 23.3 Å². The topological polar surface area (TPSA) is 73.6 Å². The molecule has 16 heteroatoms. The third-order valence-electron chi connectivity index (χ3n) is 3.23. The molecule has 2 aromatic rings. The Bertz CT molecular complexity index is 1060. The molecule has 1 heterocycles. The minimum atomic E-state index is -7.42. The van der Waals surface area contributed by atoms with Crippen LogP contribution in [0.4, 0.5) is 39.5 Å². The molecule has 2 rings (SSSR count). The van der Waals surface area contributed by atoms with E-state index >= 15 is 0 Å². The Hall–Kier alpha value is -2.10. The maximum atomic E-state index is 13.6. The van der Waals surface area contributed by atoms with Gasteiger partial charge in [0.15, 0.2) is 0 Å². The fraction of sp³-hybridized carbons (Fsp3) is 0.308. The van der Waals surface area contributed by atoms with Crippen LogP contribution in [0.2, 0.25) is 0 Å². The molecule has 5 nitrogen and oxygen atoms in total. The monoisotopic (exact) mass is 478 g/mol. The quantitative estimate of drug-likeness (QED) is 0.369. The summed E-state index contributed by atoms with van der Waals surface area (Å²) in [6.45, 7) is 0. The van der Waals surface area contributed by atoms with E-state index in [-0.39, 0.29) is 18.9 Å². The molecular formula is C13H7F9O5S2. The number of benzene rings is 1. The summed E-state index contributed by atoms with van der Waals surface area (Å²) in [5.41, 5.74) is -1.47. The van der Waals surface area contributed by atoms with Crippen molar-refractivity contribution in [1.29, 1.82) is 0 Å². The van der Waals surface area contributed by atoms with Gasteiger partial charge < -0.3 is 8.60 Å². The minimum Gasteiger partial charge on any atom is -0.423 e. The van der Waals surface area contributed by atoms with Crippen LogP contribution in [0.5, 0.6) is 5.75 Å². The molecule has 0 unspecified atom stereocenters. The molecule has 0 amide bonds. The van der Waals surface area contributed by atoms with Crippen LogP contribution in [0, 0.1) is 0 Å². The van der Waals surface area contributed by atoms with Gasteiger partial charge in [0.1, 0.15) is 11.3 Å². The summed E-state index contributed by atoms with van der Waals surface area (Å²) >= 11 is 0. The molecule has 0 radical (unpaired) electrons. The number of fused-ring (bicyclic) bond motifs is 1. The lowest BCUT2D eigenvalue weighted by Crippen LogP contribution is -2.63. The van der Waals surface area contributed by atoms with Crippen molar-refractivity contribution in [2.24, 2.45) is 0 Å². The average molecular weight is 478 g/mol. The largest absolute Gasteiger partial charge is 0.460 e. The van der Waals surface area contributed by atoms with Crippen molar-refractivity contribution >= 4 is 34.6 Å². The van der Waals surface area contributed by atoms with Gasteiger partial charge >= 0.3 is 39.0 Å². The molecule has 29 heavy (non-hydrogen) atoms. The Kier molecular flexibility index (Phi) is 6.28. The van der Waals surface area contributed by atoms with E-state index in [1.165, 1.54) is 0 Å². The first kappa shape index (κ1) is 24.9. The van der Waals surface area contributed by atoms with Crippen LogP contribution in [0.1, 0.15) is 0 Å². The molecule has 0 aliphatic heterocycles. The minimum absolute atomic E-state index is 0. The predicted octanol–water partition coefficient (Wildman–Crippen LogP) is 4.04. The molecule has 0 spiro atoms. The van der Waals surface area contributed by atoms with Crippen LogP contribution in [-0.2, 0) is 10.1 Å². The molecule has 0 aliphatic rings. The molecular weight excluding hydrogens is 471 g/mol. The van der Waals surface area contributed by atoms with Gasteiger partial charge in [-0.2, -0.15) is 61.4 Å². The van der Waals surface area contributed by atoms with Crippen molar-refractivity contribution in [3.8, 4) is 5.75 Å². The van der Waals surface area contributed by atoms with Crippen LogP contribution in [0.15, 0.2) is 39.5 Å². The van der Waals surface area contributed by atoms with Crippen molar-refractivity contribution < 1.29 is 56.5 Å². The van der Waals surface area contributed by atoms with E-state index in [2.05, 4.69) is 8.60 Å². The highest BCUT2D eigenvalue weighted by atomic mass is 32.2. The normalized spacial score (nSPS) is 13.8. The number of hydrogen-bond donors (Lipinski definition) is 0. The van der Waals surface area contributed by atoms with Crippen molar-refractivity contribution in [3.63, 3.8) is 0 Å².